The van der Waals surface area contributed by atoms with Gasteiger partial charge in [0.05, 0.1) is 0 Å². The van der Waals surface area contributed by atoms with Crippen LogP contribution < -0.4 is 21.1 Å². The van der Waals surface area contributed by atoms with Crippen LogP contribution in [0.4, 0.5) is 0 Å². The lowest BCUT2D eigenvalue weighted by atomic mass is 9.69. The van der Waals surface area contributed by atoms with Gasteiger partial charge in [0.25, 0.3) is 5.91 Å². The molecule has 0 bridgehead atoms. The number of rotatable bonds is 17. The van der Waals surface area contributed by atoms with Gasteiger partial charge in [-0.05, 0) is 90.8 Å². The summed E-state index contributed by atoms with van der Waals surface area (Å²) in [5, 5.41) is 6.34. The number of nitrogens with two attached hydrogens (primary N) is 1. The molecule has 1 saturated heterocycles. The number of nitrogens with one attached hydrogen (secondary N) is 3. The summed E-state index contributed by atoms with van der Waals surface area (Å²) >= 11 is 0. The molecule has 2 spiro atoms. The molecule has 0 radical (unpaired) electrons. The molecule has 318 valence electrons. The highest BCUT2D eigenvalue weighted by Gasteiger charge is 2.85. The molecule has 5 fully saturated rings. The summed E-state index contributed by atoms with van der Waals surface area (Å²) in [5.41, 5.74) is 3.12. The van der Waals surface area contributed by atoms with Gasteiger partial charge in [0.1, 0.15) is 17.6 Å². The van der Waals surface area contributed by atoms with Crippen LogP contribution in [0, 0.1) is 38.9 Å². The number of hydrogen-bond donors (Lipinski definition) is 4. The van der Waals surface area contributed by atoms with Gasteiger partial charge in [-0.25, -0.2) is 0 Å². The zero-order valence-corrected chi connectivity index (χ0v) is 37.3. The number of primary amides is 1. The molecule has 5 rings (SSSR count). The van der Waals surface area contributed by atoms with Crippen molar-refractivity contribution in [1.82, 2.24) is 20.3 Å². The second kappa shape index (κ2) is 15.2. The van der Waals surface area contributed by atoms with E-state index in [1.807, 2.05) is 20.8 Å². The van der Waals surface area contributed by atoms with E-state index in [-0.39, 0.29) is 58.6 Å². The highest BCUT2D eigenvalue weighted by atomic mass is 32.3. The fourth-order valence-electron chi connectivity index (χ4n) is 12.0. The molecular weight excluding hydrogens is 723 g/mol. The SMILES string of the molecule is C=C[C@@H]1C[C@]1(NC(=O)C1CC2(CN1C(=O)[C@@H](NC(=O)CC1(CC(N)=O)CCCCC1)C(C)(C)C)C(C)(C)C21CCC1)C(=O)NS(=C)(C)(C)CC(C)CCCCC. The lowest BCUT2D eigenvalue weighted by Gasteiger charge is -2.45. The first kappa shape index (κ1) is 44.4. The Morgan fingerprint density at radius 2 is 1.59 bits per heavy atom. The van der Waals surface area contributed by atoms with Crippen LogP contribution in [0.1, 0.15) is 151 Å². The highest BCUT2D eigenvalue weighted by molar-refractivity contribution is 8.44. The number of hydrogen-bond acceptors (Lipinski definition) is 5. The molecule has 3 unspecified atom stereocenters. The summed E-state index contributed by atoms with van der Waals surface area (Å²) in [5.74, 6) is 4.07. The van der Waals surface area contributed by atoms with Gasteiger partial charge >= 0.3 is 0 Å². The van der Waals surface area contributed by atoms with E-state index in [1.54, 1.807) is 11.0 Å². The van der Waals surface area contributed by atoms with E-state index in [0.29, 0.717) is 25.3 Å². The number of amides is 5. The number of nitrogens with zero attached hydrogens (tertiary/aromatic N) is 1. The molecule has 11 heteroatoms. The maximum Gasteiger partial charge on any atom is 0.254 e. The van der Waals surface area contributed by atoms with Crippen molar-refractivity contribution in [2.45, 2.75) is 169 Å². The Bertz CT molecular complexity index is 1650. The molecule has 4 saturated carbocycles. The maximum atomic E-state index is 15.1. The molecular formula is C45H77N5O5S. The van der Waals surface area contributed by atoms with Crippen molar-refractivity contribution >= 4 is 44.3 Å². The van der Waals surface area contributed by atoms with E-state index in [4.69, 9.17) is 5.73 Å². The van der Waals surface area contributed by atoms with Crippen molar-refractivity contribution in [3.8, 4) is 0 Å². The van der Waals surface area contributed by atoms with Gasteiger partial charge in [-0.3, -0.25) is 24.0 Å². The van der Waals surface area contributed by atoms with Gasteiger partial charge in [-0.2, -0.15) is 8.94 Å². The van der Waals surface area contributed by atoms with Crippen molar-refractivity contribution in [1.29, 1.82) is 0 Å². The van der Waals surface area contributed by atoms with Crippen LogP contribution in [0.2, 0.25) is 0 Å². The molecule has 6 atom stereocenters. The minimum absolute atomic E-state index is 0.0603. The minimum Gasteiger partial charge on any atom is -0.370 e. The van der Waals surface area contributed by atoms with Crippen molar-refractivity contribution in [3.63, 3.8) is 0 Å². The largest absolute Gasteiger partial charge is 0.370 e. The number of unbranched alkanes of at least 4 members (excludes halogenated alkanes) is 2. The first-order chi connectivity index (χ1) is 25.8. The molecule has 4 aliphatic carbocycles. The van der Waals surface area contributed by atoms with Gasteiger partial charge in [-0.15, -0.1) is 6.58 Å². The average Bonchev–Trinajstić information content (AvgIpc) is 3.77. The third-order valence-corrected chi connectivity index (χ3v) is 17.9. The minimum atomic E-state index is -2.61. The Labute approximate surface area is 338 Å². The van der Waals surface area contributed by atoms with Crippen molar-refractivity contribution in [2.24, 2.45) is 44.6 Å². The van der Waals surface area contributed by atoms with Crippen LogP contribution in [0.5, 0.6) is 0 Å². The Balaban J connectivity index is 1.40. The molecule has 1 heterocycles. The second-order valence-electron chi connectivity index (χ2n) is 21.7. The van der Waals surface area contributed by atoms with E-state index in [0.717, 1.165) is 76.4 Å². The first-order valence-corrected chi connectivity index (χ1v) is 24.9. The van der Waals surface area contributed by atoms with E-state index in [1.165, 1.54) is 6.42 Å². The van der Waals surface area contributed by atoms with E-state index in [9.17, 15) is 19.2 Å². The number of likely N-dealkylation sites (tertiary alicyclic amines) is 1. The van der Waals surface area contributed by atoms with E-state index >= 15 is 4.79 Å². The predicted octanol–water partition coefficient (Wildman–Crippen LogP) is 6.87. The lowest BCUT2D eigenvalue weighted by Crippen LogP contribution is -2.60. The standard InChI is InChI=1S/C45H77N5O5S/c1-12-14-16-20-31(3)29-56(9,10,11)49-39(55)45(25-32(45)13-2)48-37(53)33-26-44(41(7,8)43(44)23-19-24-43)30-50(33)38(54)36(40(4,5)6)47-35(52)28-42(27-34(46)51)21-17-15-18-22-42/h13,31-33,36H,2,9,12,14-30H2,1,3-8,10-11H3,(H2,46,51)(H,47,52)(H,48,53)(H,49,55)/t31?,32-,33?,36-,44?,45-/m1/s1. The summed E-state index contributed by atoms with van der Waals surface area (Å²) < 4.78 is 3.37. The summed E-state index contributed by atoms with van der Waals surface area (Å²) in [4.78, 5) is 72.1. The van der Waals surface area contributed by atoms with Gasteiger partial charge < -0.3 is 26.0 Å². The molecule has 1 aliphatic heterocycles. The predicted molar refractivity (Wildman–Crippen MR) is 230 cm³/mol. The fourth-order valence-corrected chi connectivity index (χ4v) is 14.9. The second-order valence-corrected chi connectivity index (χ2v) is 27.2. The topological polar surface area (TPSA) is 151 Å². The number of fused-ring (bicyclic) bond motifs is 1. The molecule has 5 aliphatic rings. The van der Waals surface area contributed by atoms with Crippen LogP contribution in [-0.2, 0) is 24.0 Å². The number of carbonyl (C=O) groups excluding carboxylic acids is 5. The van der Waals surface area contributed by atoms with Crippen molar-refractivity contribution < 1.29 is 24.0 Å². The first-order valence-electron chi connectivity index (χ1n) is 21.7. The normalized spacial score (nSPS) is 30.2. The molecule has 0 aromatic carbocycles. The van der Waals surface area contributed by atoms with Crippen molar-refractivity contribution in [3.05, 3.63) is 12.7 Å². The highest BCUT2D eigenvalue weighted by Crippen LogP contribution is 2.88. The lowest BCUT2D eigenvalue weighted by molar-refractivity contribution is -0.145. The van der Waals surface area contributed by atoms with Gasteiger partial charge in [0, 0.05) is 30.7 Å². The summed E-state index contributed by atoms with van der Waals surface area (Å²) in [6, 6.07) is -1.70. The molecule has 0 aromatic heterocycles. The average molecular weight is 800 g/mol. The van der Waals surface area contributed by atoms with Crippen LogP contribution in [-0.4, -0.2) is 82.7 Å². The zero-order chi connectivity index (χ0) is 41.8. The van der Waals surface area contributed by atoms with Crippen LogP contribution >= 0.6 is 8.94 Å². The summed E-state index contributed by atoms with van der Waals surface area (Å²) in [7, 11) is -2.61. The summed E-state index contributed by atoms with van der Waals surface area (Å²) in [6.07, 6.45) is 19.4. The van der Waals surface area contributed by atoms with Crippen molar-refractivity contribution in [2.75, 3.05) is 24.8 Å². The van der Waals surface area contributed by atoms with E-state index < -0.39 is 43.3 Å². The smallest absolute Gasteiger partial charge is 0.254 e. The van der Waals surface area contributed by atoms with Gasteiger partial charge in [0.15, 0.2) is 0 Å². The van der Waals surface area contributed by atoms with Gasteiger partial charge in [0.2, 0.25) is 23.6 Å². The zero-order valence-electron chi connectivity index (χ0n) is 36.5. The molecule has 0 aromatic rings. The van der Waals surface area contributed by atoms with E-state index in [2.05, 4.69) is 68.0 Å². The Hall–Kier alpha value is -2.69. The Morgan fingerprint density at radius 3 is 2.09 bits per heavy atom. The van der Waals surface area contributed by atoms with Crippen LogP contribution in [0.15, 0.2) is 12.7 Å². The Kier molecular flexibility index (Phi) is 12.0. The third-order valence-electron chi connectivity index (χ3n) is 15.4. The quantitative estimate of drug-likeness (QED) is 0.0720. The maximum absolute atomic E-state index is 15.1. The molecule has 5 N–H and O–H groups in total. The van der Waals surface area contributed by atoms with Crippen LogP contribution in [0.25, 0.3) is 0 Å². The molecule has 5 amide bonds. The number of carbonyl (C=O) groups is 5. The molecule has 56 heavy (non-hydrogen) atoms. The van der Waals surface area contributed by atoms with Gasteiger partial charge in [-0.1, -0.05) is 105 Å². The summed E-state index contributed by atoms with van der Waals surface area (Å²) in [6.45, 7) is 19.3. The monoisotopic (exact) mass is 800 g/mol. The third kappa shape index (κ3) is 8.27. The molecule has 10 nitrogen and oxygen atoms in total. The fraction of sp³-hybridized carbons (Fsp3) is 0.822. The Morgan fingerprint density at radius 1 is 0.946 bits per heavy atom. The van der Waals surface area contributed by atoms with Crippen LogP contribution in [0.3, 0.4) is 0 Å².